The molecule has 0 nitrogen and oxygen atoms in total. The van der Waals surface area contributed by atoms with Gasteiger partial charge in [0.25, 0.3) is 0 Å². The third kappa shape index (κ3) is 6.81. The first-order chi connectivity index (χ1) is 8.64. The molecule has 0 aromatic heterocycles. The lowest BCUT2D eigenvalue weighted by Crippen LogP contribution is -2.27. The Hall–Kier alpha value is 0. The predicted molar refractivity (Wildman–Crippen MR) is 84.8 cm³/mol. The minimum absolute atomic E-state index is 0.367. The molecule has 0 spiro atoms. The van der Waals surface area contributed by atoms with Crippen molar-refractivity contribution in [3.8, 4) is 0 Å². The van der Waals surface area contributed by atoms with Crippen molar-refractivity contribution in [1.29, 1.82) is 0 Å². The summed E-state index contributed by atoms with van der Waals surface area (Å²) in [4.78, 5) is 0. The van der Waals surface area contributed by atoms with Gasteiger partial charge in [0.1, 0.15) is 0 Å². The first-order valence-electron chi connectivity index (χ1n) is 8.49. The summed E-state index contributed by atoms with van der Waals surface area (Å²) in [6.45, 7) is 14.0. The molecule has 0 fully saturated rings. The van der Waals surface area contributed by atoms with E-state index < -0.39 is 0 Å². The molecule has 109 valence electrons. The van der Waals surface area contributed by atoms with Gasteiger partial charge in [-0.15, -0.1) is 0 Å². The lowest BCUT2D eigenvalue weighted by Gasteiger charge is -2.38. The molecule has 0 N–H and O–H groups in total. The second kappa shape index (κ2) is 10.9. The number of hydrogen-bond acceptors (Lipinski definition) is 0. The second-order valence-corrected chi connectivity index (χ2v) is 6.17. The van der Waals surface area contributed by atoms with E-state index in [1.807, 2.05) is 0 Å². The van der Waals surface area contributed by atoms with E-state index in [9.17, 15) is 0 Å². The van der Waals surface area contributed by atoms with Crippen LogP contribution in [0.25, 0.3) is 0 Å². The summed E-state index contributed by atoms with van der Waals surface area (Å²) in [6, 6.07) is 0. The van der Waals surface area contributed by atoms with Crippen molar-refractivity contribution < 1.29 is 0 Å². The van der Waals surface area contributed by atoms with Crippen LogP contribution >= 0.6 is 0 Å². The second-order valence-electron chi connectivity index (χ2n) is 6.17. The molecule has 0 amide bonds. The van der Waals surface area contributed by atoms with E-state index in [4.69, 9.17) is 0 Å². The van der Waals surface area contributed by atoms with Crippen LogP contribution in [0, 0.1) is 18.3 Å². The smallest absolute Gasteiger partial charge is 0.0269 e. The maximum Gasteiger partial charge on any atom is -0.0269 e. The summed E-state index contributed by atoms with van der Waals surface area (Å²) in [7, 11) is 0. The minimum atomic E-state index is 0.367. The zero-order valence-corrected chi connectivity index (χ0v) is 13.6. The van der Waals surface area contributed by atoms with Crippen molar-refractivity contribution in [2.45, 2.75) is 98.3 Å². The van der Waals surface area contributed by atoms with E-state index in [0.717, 1.165) is 5.92 Å². The Kier molecular flexibility index (Phi) is 10.9. The van der Waals surface area contributed by atoms with E-state index >= 15 is 0 Å². The third-order valence-corrected chi connectivity index (χ3v) is 4.54. The van der Waals surface area contributed by atoms with Crippen molar-refractivity contribution in [2.24, 2.45) is 11.3 Å². The Morgan fingerprint density at radius 1 is 0.778 bits per heavy atom. The normalized spacial score (nSPS) is 16.5. The molecule has 18 heavy (non-hydrogen) atoms. The Bertz CT molecular complexity index is 173. The standard InChI is InChI=1S/C18H37/c1-6-10-12-14-17(9-4)18(5,15-8-3)16-13-11-7-2/h17H,5-16H2,1-4H3. The van der Waals surface area contributed by atoms with Crippen LogP contribution in [0.4, 0.5) is 0 Å². The molecular weight excluding hydrogens is 216 g/mol. The molecule has 0 rings (SSSR count). The Balaban J connectivity index is 4.37. The molecule has 0 aromatic rings. The van der Waals surface area contributed by atoms with Crippen LogP contribution in [-0.2, 0) is 0 Å². The monoisotopic (exact) mass is 253 g/mol. The van der Waals surface area contributed by atoms with Crippen molar-refractivity contribution >= 4 is 0 Å². The van der Waals surface area contributed by atoms with Crippen LogP contribution in [0.3, 0.4) is 0 Å². The summed E-state index contributed by atoms with van der Waals surface area (Å²) >= 11 is 0. The first kappa shape index (κ1) is 18.0. The van der Waals surface area contributed by atoms with Gasteiger partial charge in [0, 0.05) is 0 Å². The van der Waals surface area contributed by atoms with Gasteiger partial charge in [0.15, 0.2) is 0 Å². The fourth-order valence-corrected chi connectivity index (χ4v) is 3.34. The van der Waals surface area contributed by atoms with Crippen LogP contribution in [-0.4, -0.2) is 0 Å². The molecule has 1 radical (unpaired) electrons. The average molecular weight is 253 g/mol. The van der Waals surface area contributed by atoms with E-state index in [1.165, 1.54) is 70.6 Å². The number of rotatable bonds is 12. The highest BCUT2D eigenvalue weighted by atomic mass is 14.4. The summed E-state index contributed by atoms with van der Waals surface area (Å²) in [5.41, 5.74) is 0.367. The van der Waals surface area contributed by atoms with Crippen LogP contribution in [0.1, 0.15) is 98.3 Å². The highest BCUT2D eigenvalue weighted by molar-refractivity contribution is 4.88. The first-order valence-corrected chi connectivity index (χ1v) is 8.49. The fourth-order valence-electron chi connectivity index (χ4n) is 3.34. The van der Waals surface area contributed by atoms with E-state index in [0.29, 0.717) is 5.41 Å². The molecule has 0 saturated heterocycles. The van der Waals surface area contributed by atoms with E-state index in [-0.39, 0.29) is 0 Å². The van der Waals surface area contributed by atoms with Gasteiger partial charge in [-0.1, -0.05) is 79.1 Å². The average Bonchev–Trinajstić information content (AvgIpc) is 2.35. The lowest BCUT2D eigenvalue weighted by molar-refractivity contribution is 0.161. The van der Waals surface area contributed by atoms with Crippen LogP contribution in [0.2, 0.25) is 0 Å². The van der Waals surface area contributed by atoms with E-state index in [2.05, 4.69) is 34.6 Å². The molecule has 0 aliphatic heterocycles. The highest BCUT2D eigenvalue weighted by Gasteiger charge is 2.31. The van der Waals surface area contributed by atoms with Gasteiger partial charge in [0.05, 0.1) is 0 Å². The molecule has 0 saturated carbocycles. The summed E-state index contributed by atoms with van der Waals surface area (Å²) in [5, 5.41) is 0. The van der Waals surface area contributed by atoms with Crippen LogP contribution in [0.5, 0.6) is 0 Å². The topological polar surface area (TPSA) is 0 Å². The SMILES string of the molecule is [CH2]C(CCC)(CCCCC)C(CC)CCCCC. The van der Waals surface area contributed by atoms with Gasteiger partial charge < -0.3 is 0 Å². The molecule has 0 heteroatoms. The molecule has 0 heterocycles. The minimum Gasteiger partial charge on any atom is -0.0654 e. The lowest BCUT2D eigenvalue weighted by atomic mass is 9.67. The Morgan fingerprint density at radius 2 is 1.39 bits per heavy atom. The zero-order valence-electron chi connectivity index (χ0n) is 13.6. The summed E-state index contributed by atoms with van der Waals surface area (Å²) in [5.74, 6) is 0.848. The van der Waals surface area contributed by atoms with Gasteiger partial charge in [-0.25, -0.2) is 0 Å². The van der Waals surface area contributed by atoms with E-state index in [1.54, 1.807) is 0 Å². The maximum atomic E-state index is 4.68. The molecule has 0 bridgehead atoms. The quantitative estimate of drug-likeness (QED) is 0.336. The van der Waals surface area contributed by atoms with Crippen LogP contribution < -0.4 is 0 Å². The maximum absolute atomic E-state index is 4.68. The Morgan fingerprint density at radius 3 is 1.89 bits per heavy atom. The zero-order chi connectivity index (χ0) is 13.9. The largest absolute Gasteiger partial charge is 0.0654 e. The summed E-state index contributed by atoms with van der Waals surface area (Å²) in [6.07, 6.45) is 14.9. The van der Waals surface area contributed by atoms with Crippen molar-refractivity contribution in [2.75, 3.05) is 0 Å². The number of unbranched alkanes of at least 4 members (excludes halogenated alkanes) is 4. The van der Waals surface area contributed by atoms with Crippen LogP contribution in [0.15, 0.2) is 0 Å². The Labute approximate surface area is 117 Å². The predicted octanol–water partition coefficient (Wildman–Crippen LogP) is 6.79. The van der Waals surface area contributed by atoms with Gasteiger partial charge in [-0.2, -0.15) is 0 Å². The molecule has 2 atom stereocenters. The molecule has 2 unspecified atom stereocenters. The summed E-state index contributed by atoms with van der Waals surface area (Å²) < 4.78 is 0. The van der Waals surface area contributed by atoms with Gasteiger partial charge >= 0.3 is 0 Å². The van der Waals surface area contributed by atoms with Gasteiger partial charge in [-0.3, -0.25) is 0 Å². The van der Waals surface area contributed by atoms with Crippen molar-refractivity contribution in [1.82, 2.24) is 0 Å². The molecular formula is C18H37. The molecule has 0 aromatic carbocycles. The van der Waals surface area contributed by atoms with Crippen molar-refractivity contribution in [3.63, 3.8) is 0 Å². The van der Waals surface area contributed by atoms with Gasteiger partial charge in [-0.05, 0) is 37.5 Å². The highest BCUT2D eigenvalue weighted by Crippen LogP contribution is 2.42. The third-order valence-electron chi connectivity index (χ3n) is 4.54. The number of hydrogen-bond donors (Lipinski definition) is 0. The fraction of sp³-hybridized carbons (Fsp3) is 0.944. The van der Waals surface area contributed by atoms with Crippen molar-refractivity contribution in [3.05, 3.63) is 6.92 Å². The molecule has 0 aliphatic carbocycles. The van der Waals surface area contributed by atoms with Gasteiger partial charge in [0.2, 0.25) is 0 Å². The molecule has 0 aliphatic rings.